The summed E-state index contributed by atoms with van der Waals surface area (Å²) in [4.78, 5) is 36.2. The number of methoxy groups -OCH3 is 2. The Morgan fingerprint density at radius 1 is 1.03 bits per heavy atom. The highest BCUT2D eigenvalue weighted by Gasteiger charge is 2.18. The van der Waals surface area contributed by atoms with E-state index in [-0.39, 0.29) is 27.8 Å². The number of rotatable bonds is 7. The van der Waals surface area contributed by atoms with Gasteiger partial charge in [-0.15, -0.1) is 10.2 Å². The van der Waals surface area contributed by atoms with Gasteiger partial charge in [0, 0.05) is 10.0 Å². The molecule has 11 heteroatoms. The molecule has 0 aliphatic heterocycles. The monoisotopic (exact) mass is 505 g/mol. The average Bonchev–Trinajstić information content (AvgIpc) is 3.26. The molecule has 2 aromatic carbocycles. The SMILES string of the molecule is COC(=O)c1ccc(C(=O)OC)c(NC(=O)CSc2nnc(-c3ccc(Br)cc3)o2)c1. The molecule has 0 bridgehead atoms. The van der Waals surface area contributed by atoms with Gasteiger partial charge >= 0.3 is 11.9 Å². The molecule has 1 N–H and O–H groups in total. The minimum absolute atomic E-state index is 0.0644. The number of esters is 2. The van der Waals surface area contributed by atoms with Gasteiger partial charge in [-0.1, -0.05) is 27.7 Å². The zero-order valence-corrected chi connectivity index (χ0v) is 18.8. The van der Waals surface area contributed by atoms with Gasteiger partial charge in [0.1, 0.15) is 0 Å². The summed E-state index contributed by atoms with van der Waals surface area (Å²) < 4.78 is 15.9. The maximum absolute atomic E-state index is 12.4. The van der Waals surface area contributed by atoms with E-state index in [1.54, 1.807) is 0 Å². The third-order valence-electron chi connectivity index (χ3n) is 3.94. The first-order valence-corrected chi connectivity index (χ1v) is 10.5. The van der Waals surface area contributed by atoms with Crippen LogP contribution in [0.4, 0.5) is 5.69 Å². The Morgan fingerprint density at radius 3 is 2.42 bits per heavy atom. The summed E-state index contributed by atoms with van der Waals surface area (Å²) >= 11 is 4.39. The Labute approximate surface area is 189 Å². The number of aromatic nitrogens is 2. The molecular weight excluding hydrogens is 490 g/mol. The number of nitrogens with one attached hydrogen (secondary N) is 1. The standard InChI is InChI=1S/C20H16BrN3O6S/c1-28-18(26)12-5-8-14(19(27)29-2)15(9-12)22-16(25)10-31-20-24-23-17(30-20)11-3-6-13(21)7-4-11/h3-9H,10H2,1-2H3,(H,22,25). The lowest BCUT2D eigenvalue weighted by Crippen LogP contribution is -2.18. The first-order valence-electron chi connectivity index (χ1n) is 8.74. The van der Waals surface area contributed by atoms with Crippen LogP contribution >= 0.6 is 27.7 Å². The summed E-state index contributed by atoms with van der Waals surface area (Å²) in [6, 6.07) is 11.5. The van der Waals surface area contributed by atoms with Crippen molar-refractivity contribution in [2.45, 2.75) is 5.22 Å². The molecule has 3 aromatic rings. The van der Waals surface area contributed by atoms with E-state index in [4.69, 9.17) is 9.15 Å². The second-order valence-corrected chi connectivity index (χ2v) is 7.80. The van der Waals surface area contributed by atoms with Crippen molar-refractivity contribution in [3.63, 3.8) is 0 Å². The normalized spacial score (nSPS) is 10.4. The van der Waals surface area contributed by atoms with Crippen molar-refractivity contribution in [2.75, 3.05) is 25.3 Å². The summed E-state index contributed by atoms with van der Waals surface area (Å²) in [7, 11) is 2.45. The smallest absolute Gasteiger partial charge is 0.339 e. The van der Waals surface area contributed by atoms with Crippen molar-refractivity contribution in [1.82, 2.24) is 10.2 Å². The van der Waals surface area contributed by atoms with Gasteiger partial charge < -0.3 is 19.2 Å². The number of benzene rings is 2. The molecule has 0 spiro atoms. The summed E-state index contributed by atoms with van der Waals surface area (Å²) in [5, 5.41) is 10.7. The lowest BCUT2D eigenvalue weighted by Gasteiger charge is -2.11. The van der Waals surface area contributed by atoms with Crippen LogP contribution in [0.1, 0.15) is 20.7 Å². The molecule has 0 radical (unpaired) electrons. The van der Waals surface area contributed by atoms with E-state index in [1.165, 1.54) is 32.4 Å². The highest BCUT2D eigenvalue weighted by molar-refractivity contribution is 9.10. The van der Waals surface area contributed by atoms with Crippen molar-refractivity contribution in [1.29, 1.82) is 0 Å². The Hall–Kier alpha value is -3.18. The Balaban J connectivity index is 1.68. The van der Waals surface area contributed by atoms with Crippen molar-refractivity contribution < 1.29 is 28.3 Å². The van der Waals surface area contributed by atoms with Crippen LogP contribution in [0.2, 0.25) is 0 Å². The highest BCUT2D eigenvalue weighted by atomic mass is 79.9. The molecule has 1 heterocycles. The molecule has 0 atom stereocenters. The fourth-order valence-electron chi connectivity index (χ4n) is 2.47. The van der Waals surface area contributed by atoms with Crippen LogP contribution in [-0.2, 0) is 14.3 Å². The predicted octanol–water partition coefficient (Wildman–Crippen LogP) is 3.80. The van der Waals surface area contributed by atoms with Crippen LogP contribution in [0.25, 0.3) is 11.5 Å². The molecule has 1 aromatic heterocycles. The van der Waals surface area contributed by atoms with Crippen molar-refractivity contribution in [3.05, 3.63) is 58.1 Å². The Kier molecular flexibility index (Phi) is 7.42. The summed E-state index contributed by atoms with van der Waals surface area (Å²) in [6.07, 6.45) is 0. The lowest BCUT2D eigenvalue weighted by atomic mass is 10.1. The van der Waals surface area contributed by atoms with Crippen LogP contribution in [-0.4, -0.2) is 48.0 Å². The van der Waals surface area contributed by atoms with E-state index in [0.29, 0.717) is 5.89 Å². The number of carbonyl (C=O) groups is 3. The van der Waals surface area contributed by atoms with Gasteiger partial charge in [-0.25, -0.2) is 9.59 Å². The third kappa shape index (κ3) is 5.70. The molecule has 0 saturated carbocycles. The molecule has 0 fully saturated rings. The van der Waals surface area contributed by atoms with E-state index < -0.39 is 17.8 Å². The molecule has 0 aliphatic carbocycles. The maximum atomic E-state index is 12.4. The largest absolute Gasteiger partial charge is 0.465 e. The molecule has 0 unspecified atom stereocenters. The number of carbonyl (C=O) groups excluding carboxylic acids is 3. The fraction of sp³-hybridized carbons (Fsp3) is 0.150. The van der Waals surface area contributed by atoms with Crippen molar-refractivity contribution in [3.8, 4) is 11.5 Å². The van der Waals surface area contributed by atoms with Gasteiger partial charge in [0.25, 0.3) is 5.22 Å². The Morgan fingerprint density at radius 2 is 1.74 bits per heavy atom. The van der Waals surface area contributed by atoms with Crippen LogP contribution in [0.3, 0.4) is 0 Å². The van der Waals surface area contributed by atoms with E-state index >= 15 is 0 Å². The van der Waals surface area contributed by atoms with Gasteiger partial charge in [0.15, 0.2) is 0 Å². The van der Waals surface area contributed by atoms with Gasteiger partial charge in [-0.05, 0) is 42.5 Å². The minimum Gasteiger partial charge on any atom is -0.465 e. The van der Waals surface area contributed by atoms with Gasteiger partial charge in [-0.2, -0.15) is 0 Å². The van der Waals surface area contributed by atoms with Crippen LogP contribution in [0.5, 0.6) is 0 Å². The lowest BCUT2D eigenvalue weighted by molar-refractivity contribution is -0.113. The number of hydrogen-bond acceptors (Lipinski definition) is 9. The number of anilines is 1. The second-order valence-electron chi connectivity index (χ2n) is 5.96. The van der Waals surface area contributed by atoms with Gasteiger partial charge in [-0.3, -0.25) is 4.79 Å². The van der Waals surface area contributed by atoms with Crippen LogP contribution < -0.4 is 5.32 Å². The number of ether oxygens (including phenoxy) is 2. The fourth-order valence-corrected chi connectivity index (χ4v) is 3.30. The van der Waals surface area contributed by atoms with Crippen LogP contribution in [0.15, 0.2) is 56.6 Å². The number of hydrogen-bond donors (Lipinski definition) is 1. The number of halogens is 1. The molecule has 9 nitrogen and oxygen atoms in total. The molecule has 1 amide bonds. The second kappa shape index (κ2) is 10.2. The molecule has 0 saturated heterocycles. The Bertz CT molecular complexity index is 1120. The van der Waals surface area contributed by atoms with Crippen LogP contribution in [0, 0.1) is 0 Å². The first-order chi connectivity index (χ1) is 14.9. The topological polar surface area (TPSA) is 121 Å². The number of nitrogens with zero attached hydrogens (tertiary/aromatic N) is 2. The summed E-state index contributed by atoms with van der Waals surface area (Å²) in [6.45, 7) is 0. The summed E-state index contributed by atoms with van der Waals surface area (Å²) in [5.41, 5.74) is 1.15. The first kappa shape index (κ1) is 22.5. The zero-order chi connectivity index (χ0) is 22.4. The van der Waals surface area contributed by atoms with Crippen molar-refractivity contribution in [2.24, 2.45) is 0 Å². The highest BCUT2D eigenvalue weighted by Crippen LogP contribution is 2.25. The quantitative estimate of drug-likeness (QED) is 0.377. The van der Waals surface area contributed by atoms with Crippen molar-refractivity contribution >= 4 is 51.2 Å². The zero-order valence-electron chi connectivity index (χ0n) is 16.4. The molecule has 31 heavy (non-hydrogen) atoms. The van der Waals surface area contributed by atoms with E-state index in [9.17, 15) is 14.4 Å². The number of amides is 1. The molecule has 160 valence electrons. The third-order valence-corrected chi connectivity index (χ3v) is 5.29. The van der Waals surface area contributed by atoms with E-state index in [2.05, 4.69) is 36.2 Å². The average molecular weight is 506 g/mol. The van der Waals surface area contributed by atoms with Gasteiger partial charge in [0.05, 0.1) is 36.8 Å². The minimum atomic E-state index is -0.657. The molecule has 3 rings (SSSR count). The van der Waals surface area contributed by atoms with Gasteiger partial charge in [0.2, 0.25) is 11.8 Å². The summed E-state index contributed by atoms with van der Waals surface area (Å²) in [5.74, 6) is -1.44. The van der Waals surface area contributed by atoms with E-state index in [0.717, 1.165) is 21.8 Å². The maximum Gasteiger partial charge on any atom is 0.339 e. The predicted molar refractivity (Wildman–Crippen MR) is 116 cm³/mol. The van der Waals surface area contributed by atoms with E-state index in [1.807, 2.05) is 24.3 Å². The molecular formula is C20H16BrN3O6S. The molecule has 0 aliphatic rings. The number of thioether (sulfide) groups is 1.